The molecule has 0 bridgehead atoms. The van der Waals surface area contributed by atoms with Crippen molar-refractivity contribution in [1.82, 2.24) is 0 Å². The van der Waals surface area contributed by atoms with E-state index in [9.17, 15) is 9.13 Å². The molecular formula is C17H22O5P2. The highest BCUT2D eigenvalue weighted by molar-refractivity contribution is 7.69. The zero-order valence-electron chi connectivity index (χ0n) is 13.8. The fraction of sp³-hybridized carbons (Fsp3) is 0.294. The normalized spacial score (nSPS) is 16.1. The molecule has 0 aliphatic heterocycles. The predicted molar refractivity (Wildman–Crippen MR) is 95.9 cm³/mol. The summed E-state index contributed by atoms with van der Waals surface area (Å²) in [5.41, 5.74) is 0.969. The molecule has 24 heavy (non-hydrogen) atoms. The van der Waals surface area contributed by atoms with Gasteiger partial charge >= 0.3 is 7.60 Å². The Labute approximate surface area is 142 Å². The zero-order valence-corrected chi connectivity index (χ0v) is 15.6. The topological polar surface area (TPSA) is 61.8 Å². The number of hydrogen-bond acceptors (Lipinski definition) is 5. The predicted octanol–water partition coefficient (Wildman–Crippen LogP) is 5.38. The molecule has 0 fully saturated rings. The van der Waals surface area contributed by atoms with Crippen molar-refractivity contribution in [3.8, 4) is 5.75 Å². The van der Waals surface area contributed by atoms with Crippen LogP contribution in [0, 0.1) is 0 Å². The van der Waals surface area contributed by atoms with Gasteiger partial charge in [-0.1, -0.05) is 55.5 Å². The van der Waals surface area contributed by atoms with E-state index in [-0.39, 0.29) is 12.5 Å². The molecule has 0 aliphatic rings. The van der Waals surface area contributed by atoms with Gasteiger partial charge in [0.1, 0.15) is 12.1 Å². The minimum absolute atomic E-state index is 0.121. The van der Waals surface area contributed by atoms with Gasteiger partial charge in [0.25, 0.3) is 0 Å². The van der Waals surface area contributed by atoms with Crippen LogP contribution in [-0.2, 0) is 24.8 Å². The van der Waals surface area contributed by atoms with Crippen molar-refractivity contribution in [2.75, 3.05) is 19.2 Å². The van der Waals surface area contributed by atoms with Gasteiger partial charge in [-0.15, -0.1) is 0 Å². The summed E-state index contributed by atoms with van der Waals surface area (Å²) < 4.78 is 41.6. The third-order valence-corrected chi connectivity index (χ3v) is 7.40. The monoisotopic (exact) mass is 368 g/mol. The van der Waals surface area contributed by atoms with Crippen LogP contribution in [0.4, 0.5) is 0 Å². The number of ether oxygens (including phenoxy) is 1. The molecule has 0 saturated heterocycles. The molecule has 2 rings (SSSR count). The fourth-order valence-electron chi connectivity index (χ4n) is 1.97. The zero-order chi connectivity index (χ0) is 17.5. The van der Waals surface area contributed by atoms with E-state index in [4.69, 9.17) is 13.6 Å². The molecule has 130 valence electrons. The first-order valence-electron chi connectivity index (χ1n) is 7.66. The molecule has 7 heteroatoms. The summed E-state index contributed by atoms with van der Waals surface area (Å²) in [6.45, 7) is 3.40. The first-order valence-corrected chi connectivity index (χ1v) is 11.6. The maximum atomic E-state index is 12.7. The SMILES string of the molecule is CCP(=O)(Oc1ccccc1)OP(C)(=O)COCc1ccccc1. The molecule has 0 amide bonds. The van der Waals surface area contributed by atoms with Gasteiger partial charge in [-0.2, -0.15) is 0 Å². The van der Waals surface area contributed by atoms with Gasteiger partial charge in [-0.05, 0) is 17.7 Å². The Kier molecular flexibility index (Phi) is 6.82. The van der Waals surface area contributed by atoms with Gasteiger partial charge in [-0.25, -0.2) is 8.88 Å². The lowest BCUT2D eigenvalue weighted by atomic mass is 10.2. The van der Waals surface area contributed by atoms with Crippen molar-refractivity contribution >= 4 is 15.0 Å². The first kappa shape index (κ1) is 19.0. The molecule has 0 aliphatic carbocycles. The molecular weight excluding hydrogens is 346 g/mol. The van der Waals surface area contributed by atoms with E-state index in [1.165, 1.54) is 6.66 Å². The highest BCUT2D eigenvalue weighted by Crippen LogP contribution is 2.61. The van der Waals surface area contributed by atoms with Crippen molar-refractivity contribution in [2.45, 2.75) is 13.5 Å². The average Bonchev–Trinajstić information content (AvgIpc) is 2.56. The molecule has 2 unspecified atom stereocenters. The molecule has 0 aromatic heterocycles. The number of para-hydroxylation sites is 1. The van der Waals surface area contributed by atoms with Crippen LogP contribution in [-0.4, -0.2) is 19.2 Å². The van der Waals surface area contributed by atoms with Crippen LogP contribution in [0.25, 0.3) is 0 Å². The Morgan fingerprint density at radius 3 is 2.08 bits per heavy atom. The highest BCUT2D eigenvalue weighted by Gasteiger charge is 2.32. The quantitative estimate of drug-likeness (QED) is 0.556. The van der Waals surface area contributed by atoms with E-state index in [1.807, 2.05) is 36.4 Å². The number of rotatable bonds is 9. The van der Waals surface area contributed by atoms with Crippen LogP contribution in [0.1, 0.15) is 12.5 Å². The summed E-state index contributed by atoms with van der Waals surface area (Å²) in [4.78, 5) is 0. The Morgan fingerprint density at radius 2 is 1.50 bits per heavy atom. The average molecular weight is 368 g/mol. The maximum Gasteiger partial charge on any atom is 0.384 e. The largest absolute Gasteiger partial charge is 0.424 e. The second-order valence-corrected chi connectivity index (χ2v) is 10.4. The molecule has 2 aromatic carbocycles. The summed E-state index contributed by atoms with van der Waals surface area (Å²) in [5.74, 6) is 0.424. The minimum atomic E-state index is -3.50. The van der Waals surface area contributed by atoms with E-state index in [1.54, 1.807) is 31.2 Å². The van der Waals surface area contributed by atoms with Crippen molar-refractivity contribution in [3.63, 3.8) is 0 Å². The van der Waals surface area contributed by atoms with Crippen LogP contribution in [0.2, 0.25) is 0 Å². The van der Waals surface area contributed by atoms with Crippen LogP contribution in [0.15, 0.2) is 60.7 Å². The lowest BCUT2D eigenvalue weighted by Gasteiger charge is -2.22. The van der Waals surface area contributed by atoms with E-state index >= 15 is 0 Å². The summed E-state index contributed by atoms with van der Waals surface area (Å²) in [5, 5.41) is 0. The summed E-state index contributed by atoms with van der Waals surface area (Å²) in [7, 11) is -6.71. The fourth-order valence-corrected chi connectivity index (χ4v) is 5.86. The van der Waals surface area contributed by atoms with Gasteiger partial charge in [0.2, 0.25) is 7.37 Å². The lowest BCUT2D eigenvalue weighted by molar-refractivity contribution is 0.156. The van der Waals surface area contributed by atoms with Gasteiger partial charge < -0.3 is 9.26 Å². The van der Waals surface area contributed by atoms with E-state index in [2.05, 4.69) is 0 Å². The number of hydrogen-bond donors (Lipinski definition) is 0. The number of benzene rings is 2. The standard InChI is InChI=1S/C17H22O5P2/c1-3-24(19,21-17-12-8-5-9-13-17)22-23(2,18)15-20-14-16-10-6-4-7-11-16/h4-13H,3,14-15H2,1-2H3. The maximum absolute atomic E-state index is 12.7. The third kappa shape index (κ3) is 6.26. The Balaban J connectivity index is 1.92. The van der Waals surface area contributed by atoms with Crippen LogP contribution in [0.3, 0.4) is 0 Å². The highest BCUT2D eigenvalue weighted by atomic mass is 31.3. The molecule has 0 spiro atoms. The van der Waals surface area contributed by atoms with Crippen LogP contribution < -0.4 is 4.52 Å². The van der Waals surface area contributed by atoms with Gasteiger partial charge in [0.05, 0.1) is 12.8 Å². The first-order chi connectivity index (χ1) is 11.4. The van der Waals surface area contributed by atoms with Crippen molar-refractivity contribution in [3.05, 3.63) is 66.2 Å². The Hall–Kier alpha value is -1.38. The summed E-state index contributed by atoms with van der Waals surface area (Å²) in [6, 6.07) is 18.3. The summed E-state index contributed by atoms with van der Waals surface area (Å²) >= 11 is 0. The van der Waals surface area contributed by atoms with E-state index < -0.39 is 15.0 Å². The van der Waals surface area contributed by atoms with Gasteiger partial charge in [-0.3, -0.25) is 4.57 Å². The molecule has 2 atom stereocenters. The summed E-state index contributed by atoms with van der Waals surface area (Å²) in [6.07, 6.45) is 0.00242. The van der Waals surface area contributed by atoms with Gasteiger partial charge in [0, 0.05) is 6.66 Å². The van der Waals surface area contributed by atoms with Gasteiger partial charge in [0.15, 0.2) is 0 Å². The second kappa shape index (κ2) is 8.64. The minimum Gasteiger partial charge on any atom is -0.424 e. The lowest BCUT2D eigenvalue weighted by Crippen LogP contribution is -2.03. The molecule has 5 nitrogen and oxygen atoms in total. The molecule has 0 heterocycles. The van der Waals surface area contributed by atoms with E-state index in [0.717, 1.165) is 5.56 Å². The molecule has 0 saturated carbocycles. The Morgan fingerprint density at radius 1 is 0.917 bits per heavy atom. The second-order valence-electron chi connectivity index (χ2n) is 5.39. The van der Waals surface area contributed by atoms with Crippen molar-refractivity contribution < 1.29 is 22.7 Å². The van der Waals surface area contributed by atoms with Crippen LogP contribution >= 0.6 is 15.0 Å². The Bertz CT molecular complexity index is 718. The molecule has 0 radical (unpaired) electrons. The van der Waals surface area contributed by atoms with Crippen molar-refractivity contribution in [1.29, 1.82) is 0 Å². The van der Waals surface area contributed by atoms with Crippen molar-refractivity contribution in [2.24, 2.45) is 0 Å². The van der Waals surface area contributed by atoms with E-state index in [0.29, 0.717) is 12.4 Å². The third-order valence-electron chi connectivity index (χ3n) is 3.11. The molecule has 2 aromatic rings. The van der Waals surface area contributed by atoms with Crippen LogP contribution in [0.5, 0.6) is 5.75 Å². The molecule has 0 N–H and O–H groups in total. The smallest absolute Gasteiger partial charge is 0.384 e.